The number of nitrogens with zero attached hydrogens (tertiary/aromatic N) is 2. The number of piperidine rings is 1. The van der Waals surface area contributed by atoms with Crippen LogP contribution in [-0.2, 0) is 4.79 Å². The van der Waals surface area contributed by atoms with Gasteiger partial charge in [0.2, 0.25) is 11.8 Å². The van der Waals surface area contributed by atoms with Crippen LogP contribution in [0, 0.1) is 11.7 Å². The first-order chi connectivity index (χ1) is 14.1. The van der Waals surface area contributed by atoms with Crippen molar-refractivity contribution in [3.63, 3.8) is 0 Å². The van der Waals surface area contributed by atoms with Crippen molar-refractivity contribution in [3.05, 3.63) is 54.0 Å². The van der Waals surface area contributed by atoms with Crippen molar-refractivity contribution in [3.8, 4) is 5.88 Å². The van der Waals surface area contributed by atoms with Gasteiger partial charge in [-0.25, -0.2) is 9.37 Å². The summed E-state index contributed by atoms with van der Waals surface area (Å²) in [6, 6.07) is 9.31. The zero-order valence-corrected chi connectivity index (χ0v) is 16.1. The molecule has 7 heteroatoms. The first kappa shape index (κ1) is 19.4. The first-order valence-electron chi connectivity index (χ1n) is 10.1. The summed E-state index contributed by atoms with van der Waals surface area (Å²) in [6.45, 7) is 1.10. The molecule has 1 aliphatic heterocycles. The number of ether oxygens (including phenoxy) is 1. The third kappa shape index (κ3) is 4.72. The lowest BCUT2D eigenvalue weighted by Gasteiger charge is -2.32. The molecule has 1 aliphatic carbocycles. The van der Waals surface area contributed by atoms with Crippen LogP contribution >= 0.6 is 0 Å². The SMILES string of the molecule is O=C(Nc1ccc(OC2CCN(C(=O)c3cccc(F)c3)CC2)nc1)C1CCC1. The average molecular weight is 397 g/mol. The van der Waals surface area contributed by atoms with E-state index in [0.29, 0.717) is 43.1 Å². The molecule has 152 valence electrons. The van der Waals surface area contributed by atoms with Crippen LogP contribution in [0.2, 0.25) is 0 Å². The van der Waals surface area contributed by atoms with Gasteiger partial charge in [-0.3, -0.25) is 9.59 Å². The van der Waals surface area contributed by atoms with E-state index in [1.54, 1.807) is 35.4 Å². The number of carbonyl (C=O) groups excluding carboxylic acids is 2. The first-order valence-corrected chi connectivity index (χ1v) is 10.1. The molecule has 1 aromatic heterocycles. The van der Waals surface area contributed by atoms with Crippen molar-refractivity contribution in [1.82, 2.24) is 9.88 Å². The van der Waals surface area contributed by atoms with Gasteiger partial charge in [0.05, 0.1) is 11.9 Å². The Labute approximate surface area is 169 Å². The van der Waals surface area contributed by atoms with Gasteiger partial charge in [-0.2, -0.15) is 0 Å². The second-order valence-corrected chi connectivity index (χ2v) is 7.62. The molecule has 0 unspecified atom stereocenters. The maximum atomic E-state index is 13.3. The van der Waals surface area contributed by atoms with Crippen LogP contribution in [0.4, 0.5) is 10.1 Å². The van der Waals surface area contributed by atoms with Crippen molar-refractivity contribution in [2.24, 2.45) is 5.92 Å². The summed E-state index contributed by atoms with van der Waals surface area (Å²) in [7, 11) is 0. The molecule has 1 N–H and O–H groups in total. The topological polar surface area (TPSA) is 71.5 Å². The second-order valence-electron chi connectivity index (χ2n) is 7.62. The Morgan fingerprint density at radius 3 is 2.52 bits per heavy atom. The molecule has 0 bridgehead atoms. The van der Waals surface area contributed by atoms with Crippen LogP contribution in [0.5, 0.6) is 5.88 Å². The molecule has 1 saturated heterocycles. The number of likely N-dealkylation sites (tertiary alicyclic amines) is 1. The van der Waals surface area contributed by atoms with Crippen LogP contribution in [-0.4, -0.2) is 40.9 Å². The highest BCUT2D eigenvalue weighted by atomic mass is 19.1. The molecule has 0 spiro atoms. The fraction of sp³-hybridized carbons (Fsp3) is 0.409. The lowest BCUT2D eigenvalue weighted by Crippen LogP contribution is -2.41. The zero-order chi connectivity index (χ0) is 20.2. The van der Waals surface area contributed by atoms with Crippen LogP contribution in [0.3, 0.4) is 0 Å². The standard InChI is InChI=1S/C22H24FN3O3/c23-17-6-2-5-16(13-17)22(28)26-11-9-19(10-12-26)29-20-8-7-18(14-24-20)25-21(27)15-3-1-4-15/h2,5-8,13-15,19H,1,3-4,9-12H2,(H,25,27). The lowest BCUT2D eigenvalue weighted by molar-refractivity contribution is -0.122. The molecular formula is C22H24FN3O3. The third-order valence-corrected chi connectivity index (χ3v) is 5.57. The fourth-order valence-electron chi connectivity index (χ4n) is 3.59. The molecule has 1 aromatic carbocycles. The Morgan fingerprint density at radius 2 is 1.90 bits per heavy atom. The van der Waals surface area contributed by atoms with Crippen molar-refractivity contribution in [1.29, 1.82) is 0 Å². The van der Waals surface area contributed by atoms with E-state index in [1.807, 2.05) is 0 Å². The number of pyridine rings is 1. The van der Waals surface area contributed by atoms with Gasteiger partial charge in [0, 0.05) is 43.5 Å². The third-order valence-electron chi connectivity index (χ3n) is 5.57. The molecule has 2 fully saturated rings. The van der Waals surface area contributed by atoms with Crippen LogP contribution in [0.25, 0.3) is 0 Å². The van der Waals surface area contributed by atoms with E-state index in [4.69, 9.17) is 4.74 Å². The molecule has 2 amide bonds. The monoisotopic (exact) mass is 397 g/mol. The Balaban J connectivity index is 1.26. The Hall–Kier alpha value is -2.96. The normalized spacial score (nSPS) is 17.5. The predicted molar refractivity (Wildman–Crippen MR) is 106 cm³/mol. The van der Waals surface area contributed by atoms with E-state index in [1.165, 1.54) is 12.1 Å². The second kappa shape index (κ2) is 8.59. The number of halogens is 1. The molecule has 1 saturated carbocycles. The summed E-state index contributed by atoms with van der Waals surface area (Å²) in [5, 5.41) is 2.88. The predicted octanol–water partition coefficient (Wildman–Crippen LogP) is 3.64. The Morgan fingerprint density at radius 1 is 1.10 bits per heavy atom. The van der Waals surface area contributed by atoms with Crippen molar-refractivity contribution >= 4 is 17.5 Å². The van der Waals surface area contributed by atoms with Gasteiger partial charge >= 0.3 is 0 Å². The minimum atomic E-state index is -0.410. The zero-order valence-electron chi connectivity index (χ0n) is 16.1. The van der Waals surface area contributed by atoms with E-state index in [0.717, 1.165) is 19.3 Å². The van der Waals surface area contributed by atoms with Crippen LogP contribution < -0.4 is 10.1 Å². The summed E-state index contributed by atoms with van der Waals surface area (Å²) in [5.74, 6) is 0.120. The largest absolute Gasteiger partial charge is 0.474 e. The van der Waals surface area contributed by atoms with E-state index in [-0.39, 0.29) is 23.8 Å². The molecule has 2 heterocycles. The van der Waals surface area contributed by atoms with Gasteiger partial charge in [-0.1, -0.05) is 12.5 Å². The van der Waals surface area contributed by atoms with Gasteiger partial charge in [-0.05, 0) is 37.1 Å². The van der Waals surface area contributed by atoms with Gasteiger partial charge in [-0.15, -0.1) is 0 Å². The maximum absolute atomic E-state index is 13.3. The number of hydrogen-bond donors (Lipinski definition) is 1. The lowest BCUT2D eigenvalue weighted by atomic mass is 9.85. The highest BCUT2D eigenvalue weighted by Crippen LogP contribution is 2.28. The highest BCUT2D eigenvalue weighted by molar-refractivity contribution is 5.94. The van der Waals surface area contributed by atoms with Crippen LogP contribution in [0.15, 0.2) is 42.6 Å². The van der Waals surface area contributed by atoms with E-state index >= 15 is 0 Å². The molecule has 0 atom stereocenters. The number of amides is 2. The molecular weight excluding hydrogens is 373 g/mol. The summed E-state index contributed by atoms with van der Waals surface area (Å²) < 4.78 is 19.3. The van der Waals surface area contributed by atoms with Crippen molar-refractivity contribution < 1.29 is 18.7 Å². The van der Waals surface area contributed by atoms with Crippen LogP contribution in [0.1, 0.15) is 42.5 Å². The smallest absolute Gasteiger partial charge is 0.253 e. The fourth-order valence-corrected chi connectivity index (χ4v) is 3.59. The number of nitrogens with one attached hydrogen (secondary N) is 1. The molecule has 2 aromatic rings. The van der Waals surface area contributed by atoms with Crippen molar-refractivity contribution in [2.75, 3.05) is 18.4 Å². The minimum Gasteiger partial charge on any atom is -0.474 e. The summed E-state index contributed by atoms with van der Waals surface area (Å²) in [4.78, 5) is 30.5. The molecule has 0 radical (unpaired) electrons. The molecule has 2 aliphatic rings. The van der Waals surface area contributed by atoms with E-state index < -0.39 is 5.82 Å². The molecule has 6 nitrogen and oxygen atoms in total. The molecule has 29 heavy (non-hydrogen) atoms. The van der Waals surface area contributed by atoms with Crippen molar-refractivity contribution in [2.45, 2.75) is 38.2 Å². The number of benzene rings is 1. The summed E-state index contributed by atoms with van der Waals surface area (Å²) >= 11 is 0. The highest BCUT2D eigenvalue weighted by Gasteiger charge is 2.26. The number of carbonyl (C=O) groups is 2. The minimum absolute atomic E-state index is 0.0329. The van der Waals surface area contributed by atoms with Gasteiger partial charge < -0.3 is 15.0 Å². The number of aromatic nitrogens is 1. The number of anilines is 1. The van der Waals surface area contributed by atoms with Gasteiger partial charge in [0.25, 0.3) is 5.91 Å². The Kier molecular flexibility index (Phi) is 5.74. The van der Waals surface area contributed by atoms with Gasteiger partial charge in [0.15, 0.2) is 0 Å². The quantitative estimate of drug-likeness (QED) is 0.836. The summed E-state index contributed by atoms with van der Waals surface area (Å²) in [5.41, 5.74) is 1.04. The number of hydrogen-bond acceptors (Lipinski definition) is 4. The Bertz CT molecular complexity index is 875. The van der Waals surface area contributed by atoms with E-state index in [9.17, 15) is 14.0 Å². The van der Waals surface area contributed by atoms with Gasteiger partial charge in [0.1, 0.15) is 11.9 Å². The number of rotatable bonds is 5. The van der Waals surface area contributed by atoms with E-state index in [2.05, 4.69) is 10.3 Å². The average Bonchev–Trinajstić information content (AvgIpc) is 2.68. The molecule has 4 rings (SSSR count). The maximum Gasteiger partial charge on any atom is 0.253 e. The summed E-state index contributed by atoms with van der Waals surface area (Å²) in [6.07, 6.45) is 5.98.